The van der Waals surface area contributed by atoms with Crippen molar-refractivity contribution in [2.45, 2.75) is 25.7 Å². The first kappa shape index (κ1) is 9.19. The minimum absolute atomic E-state index is 0.844. The fraction of sp³-hybridized carbons (Fsp3) is 0.444. The quantitative estimate of drug-likeness (QED) is 0.312. The van der Waals surface area contributed by atoms with Gasteiger partial charge in [0.05, 0.1) is 0 Å². The van der Waals surface area contributed by atoms with Crippen molar-refractivity contribution in [2.75, 3.05) is 0 Å². The molecular formula is C9H13O. The topological polar surface area (TPSA) is 17.1 Å². The predicted octanol–water partition coefficient (Wildman–Crippen LogP) is 2.32. The van der Waals surface area contributed by atoms with Crippen LogP contribution in [0.1, 0.15) is 25.7 Å². The highest BCUT2D eigenvalue weighted by atomic mass is 16.1. The molecule has 10 heavy (non-hydrogen) atoms. The lowest BCUT2D eigenvalue weighted by Gasteiger charge is -1.91. The van der Waals surface area contributed by atoms with Crippen LogP contribution in [0.4, 0.5) is 0 Å². The molecule has 0 saturated heterocycles. The molecule has 0 bridgehead atoms. The maximum Gasteiger partial charge on any atom is 0.120 e. The van der Waals surface area contributed by atoms with Crippen LogP contribution >= 0.6 is 0 Å². The first-order valence-electron chi connectivity index (χ1n) is 3.53. The average molecular weight is 137 g/mol. The van der Waals surface area contributed by atoms with Crippen LogP contribution in [0.25, 0.3) is 0 Å². The van der Waals surface area contributed by atoms with Crippen LogP contribution in [-0.4, -0.2) is 5.94 Å². The normalized spacial score (nSPS) is 8.40. The summed E-state index contributed by atoms with van der Waals surface area (Å²) in [5, 5.41) is 0. The summed E-state index contributed by atoms with van der Waals surface area (Å²) < 4.78 is 0. The van der Waals surface area contributed by atoms with Gasteiger partial charge >= 0.3 is 0 Å². The lowest BCUT2D eigenvalue weighted by Crippen LogP contribution is -1.75. The molecule has 0 aromatic carbocycles. The molecule has 0 heterocycles. The number of rotatable bonds is 6. The summed E-state index contributed by atoms with van der Waals surface area (Å²) in [6.07, 6.45) is 9.47. The maximum absolute atomic E-state index is 9.69. The molecule has 0 saturated carbocycles. The molecule has 0 spiro atoms. The third-order valence-electron chi connectivity index (χ3n) is 1.17. The highest BCUT2D eigenvalue weighted by molar-refractivity contribution is 5.44. The molecule has 1 radical (unpaired) electrons. The van der Waals surface area contributed by atoms with E-state index in [1.165, 1.54) is 6.08 Å². The van der Waals surface area contributed by atoms with Gasteiger partial charge in [0.2, 0.25) is 0 Å². The number of allylic oxidation sites excluding steroid dienone is 2. The van der Waals surface area contributed by atoms with Gasteiger partial charge in [0, 0.05) is 0 Å². The SMILES string of the molecule is C=CC[CH]CCCC=C=O. The molecule has 0 rings (SSSR count). The van der Waals surface area contributed by atoms with Crippen molar-refractivity contribution in [1.82, 2.24) is 0 Å². The van der Waals surface area contributed by atoms with E-state index in [-0.39, 0.29) is 0 Å². The van der Waals surface area contributed by atoms with Crippen molar-refractivity contribution in [2.24, 2.45) is 0 Å². The summed E-state index contributed by atoms with van der Waals surface area (Å²) >= 11 is 0. The average Bonchev–Trinajstić information content (AvgIpc) is 1.97. The maximum atomic E-state index is 9.69. The van der Waals surface area contributed by atoms with Gasteiger partial charge in [0.25, 0.3) is 0 Å². The largest absolute Gasteiger partial charge is 0.234 e. The third kappa shape index (κ3) is 7.19. The van der Waals surface area contributed by atoms with Crippen LogP contribution < -0.4 is 0 Å². The van der Waals surface area contributed by atoms with Crippen molar-refractivity contribution < 1.29 is 4.79 Å². The van der Waals surface area contributed by atoms with Crippen molar-refractivity contribution in [3.8, 4) is 0 Å². The molecule has 0 atom stereocenters. The highest BCUT2D eigenvalue weighted by Gasteiger charge is 1.84. The molecule has 0 amide bonds. The van der Waals surface area contributed by atoms with Crippen LogP contribution in [0.2, 0.25) is 0 Å². The predicted molar refractivity (Wildman–Crippen MR) is 43.2 cm³/mol. The molecule has 0 aromatic heterocycles. The van der Waals surface area contributed by atoms with Gasteiger partial charge in [0.15, 0.2) is 0 Å². The van der Waals surface area contributed by atoms with Crippen molar-refractivity contribution in [1.29, 1.82) is 0 Å². The van der Waals surface area contributed by atoms with Crippen molar-refractivity contribution in [3.05, 3.63) is 25.2 Å². The number of hydrogen-bond acceptors (Lipinski definition) is 1. The Morgan fingerprint density at radius 2 is 2.20 bits per heavy atom. The van der Waals surface area contributed by atoms with Gasteiger partial charge in [0.1, 0.15) is 5.94 Å². The summed E-state index contributed by atoms with van der Waals surface area (Å²) in [4.78, 5) is 9.69. The fourth-order valence-corrected chi connectivity index (χ4v) is 0.659. The molecule has 1 heteroatoms. The summed E-state index contributed by atoms with van der Waals surface area (Å²) in [7, 11) is 0. The van der Waals surface area contributed by atoms with E-state index in [1.807, 2.05) is 6.08 Å². The van der Waals surface area contributed by atoms with Crippen molar-refractivity contribution >= 4 is 5.94 Å². The van der Waals surface area contributed by atoms with E-state index in [9.17, 15) is 4.79 Å². The van der Waals surface area contributed by atoms with Gasteiger partial charge in [-0.15, -0.1) is 6.58 Å². The summed E-state index contributed by atoms with van der Waals surface area (Å²) in [5.41, 5.74) is 0. The molecule has 0 unspecified atom stereocenters. The zero-order valence-corrected chi connectivity index (χ0v) is 6.18. The highest BCUT2D eigenvalue weighted by Crippen LogP contribution is 2.01. The third-order valence-corrected chi connectivity index (χ3v) is 1.17. The Labute approximate surface area is 62.4 Å². The molecule has 55 valence electrons. The second-order valence-corrected chi connectivity index (χ2v) is 2.07. The molecule has 1 nitrogen and oxygen atoms in total. The molecule has 0 N–H and O–H groups in total. The Kier molecular flexibility index (Phi) is 7.53. The standard InChI is InChI=1S/C9H13O/c1-2-3-4-5-6-7-8-9-10/h2,4,8H,1,3,5-7H2. The Morgan fingerprint density at radius 3 is 2.80 bits per heavy atom. The molecule has 0 fully saturated rings. The first-order valence-corrected chi connectivity index (χ1v) is 3.53. The summed E-state index contributed by atoms with van der Waals surface area (Å²) in [6.45, 7) is 3.59. The van der Waals surface area contributed by atoms with Crippen LogP contribution in [-0.2, 0) is 4.79 Å². The number of carbonyl (C=O) groups excluding carboxylic acids is 1. The van der Waals surface area contributed by atoms with Crippen LogP contribution in [0.3, 0.4) is 0 Å². The molecule has 0 aromatic rings. The first-order chi connectivity index (χ1) is 4.91. The summed E-state index contributed by atoms with van der Waals surface area (Å²) in [6, 6.07) is 0. The van der Waals surface area contributed by atoms with E-state index in [4.69, 9.17) is 0 Å². The molecule has 0 aliphatic rings. The molecule has 0 aliphatic carbocycles. The minimum Gasteiger partial charge on any atom is -0.234 e. The Hall–Kier alpha value is -0.810. The number of unbranched alkanes of at least 4 members (excludes halogenated alkanes) is 4. The van der Waals surface area contributed by atoms with Gasteiger partial charge < -0.3 is 0 Å². The van der Waals surface area contributed by atoms with Crippen LogP contribution in [0, 0.1) is 6.42 Å². The minimum atomic E-state index is 0.844. The van der Waals surface area contributed by atoms with E-state index >= 15 is 0 Å². The van der Waals surface area contributed by atoms with E-state index in [0.717, 1.165) is 25.7 Å². The van der Waals surface area contributed by atoms with Crippen LogP contribution in [0.15, 0.2) is 18.7 Å². The second kappa shape index (κ2) is 8.19. The second-order valence-electron chi connectivity index (χ2n) is 2.07. The zero-order valence-electron chi connectivity index (χ0n) is 6.18. The van der Waals surface area contributed by atoms with E-state index in [2.05, 4.69) is 13.0 Å². The molecule has 0 aliphatic heterocycles. The van der Waals surface area contributed by atoms with E-state index in [1.54, 1.807) is 5.94 Å². The lowest BCUT2D eigenvalue weighted by atomic mass is 10.1. The van der Waals surface area contributed by atoms with Gasteiger partial charge in [-0.1, -0.05) is 6.08 Å². The van der Waals surface area contributed by atoms with Gasteiger partial charge in [-0.05, 0) is 38.2 Å². The zero-order chi connectivity index (χ0) is 7.66. The van der Waals surface area contributed by atoms with Gasteiger partial charge in [-0.25, -0.2) is 4.79 Å². The fourth-order valence-electron chi connectivity index (χ4n) is 0.659. The molecular weight excluding hydrogens is 124 g/mol. The van der Waals surface area contributed by atoms with Crippen LogP contribution in [0.5, 0.6) is 0 Å². The van der Waals surface area contributed by atoms with Crippen molar-refractivity contribution in [3.63, 3.8) is 0 Å². The lowest BCUT2D eigenvalue weighted by molar-refractivity contribution is 0.567. The number of hydrogen-bond donors (Lipinski definition) is 0. The van der Waals surface area contributed by atoms with E-state index < -0.39 is 0 Å². The Bertz CT molecular complexity index is 121. The Balaban J connectivity index is 2.90. The Morgan fingerprint density at radius 1 is 1.40 bits per heavy atom. The monoisotopic (exact) mass is 137 g/mol. The van der Waals surface area contributed by atoms with E-state index in [0.29, 0.717) is 0 Å². The van der Waals surface area contributed by atoms with Gasteiger partial charge in [-0.3, -0.25) is 0 Å². The smallest absolute Gasteiger partial charge is 0.120 e. The summed E-state index contributed by atoms with van der Waals surface area (Å²) in [5.74, 6) is 1.75. The van der Waals surface area contributed by atoms with Gasteiger partial charge in [-0.2, -0.15) is 0 Å².